The summed E-state index contributed by atoms with van der Waals surface area (Å²) in [7, 11) is 0. The zero-order chi connectivity index (χ0) is 18.1. The van der Waals surface area contributed by atoms with Crippen molar-refractivity contribution in [3.63, 3.8) is 0 Å². The predicted octanol–water partition coefficient (Wildman–Crippen LogP) is 4.24. The highest BCUT2D eigenvalue weighted by Gasteiger charge is 2.37. The summed E-state index contributed by atoms with van der Waals surface area (Å²) in [5.74, 6) is -0.421. The Bertz CT molecular complexity index is 960. The van der Waals surface area contributed by atoms with Crippen LogP contribution in [0.4, 0.5) is 5.13 Å². The van der Waals surface area contributed by atoms with Gasteiger partial charge in [0, 0.05) is 28.2 Å². The van der Waals surface area contributed by atoms with Gasteiger partial charge in [-0.3, -0.25) is 14.9 Å². The number of aromatic nitrogens is 1. The molecule has 130 valence electrons. The molecule has 0 aliphatic carbocycles. The minimum Gasteiger partial charge on any atom is -0.318 e. The summed E-state index contributed by atoms with van der Waals surface area (Å²) < 4.78 is 0.843. The lowest BCUT2D eigenvalue weighted by Crippen LogP contribution is -2.37. The molecule has 26 heavy (non-hydrogen) atoms. The molecule has 1 atom stereocenters. The van der Waals surface area contributed by atoms with Crippen molar-refractivity contribution in [1.82, 2.24) is 9.88 Å². The number of hydrogen-bond donors (Lipinski definition) is 1. The van der Waals surface area contributed by atoms with Gasteiger partial charge in [-0.05, 0) is 23.3 Å². The van der Waals surface area contributed by atoms with E-state index in [1.54, 1.807) is 22.5 Å². The first-order valence-corrected chi connectivity index (χ1v) is 9.65. The van der Waals surface area contributed by atoms with Crippen molar-refractivity contribution in [2.45, 2.75) is 12.6 Å². The average Bonchev–Trinajstić information content (AvgIpc) is 3.25. The second kappa shape index (κ2) is 7.01. The third-order valence-corrected chi connectivity index (χ3v) is 5.42. The first kappa shape index (κ1) is 16.9. The Morgan fingerprint density at radius 3 is 2.77 bits per heavy atom. The Kier molecular flexibility index (Phi) is 4.57. The molecule has 4 rings (SSSR count). The molecule has 2 amide bonds. The van der Waals surface area contributed by atoms with Crippen LogP contribution in [0.15, 0.2) is 64.6 Å². The zero-order valence-electron chi connectivity index (χ0n) is 13.6. The molecule has 0 saturated heterocycles. The minimum absolute atomic E-state index is 0.149. The van der Waals surface area contributed by atoms with Crippen LogP contribution in [0.25, 0.3) is 0 Å². The minimum atomic E-state index is -0.723. The van der Waals surface area contributed by atoms with Crippen molar-refractivity contribution >= 4 is 44.2 Å². The lowest BCUT2D eigenvalue weighted by Gasteiger charge is -2.27. The maximum Gasteiger partial charge on any atom is 0.255 e. The van der Waals surface area contributed by atoms with Crippen molar-refractivity contribution < 1.29 is 9.59 Å². The predicted molar refractivity (Wildman–Crippen MR) is 104 cm³/mol. The quantitative estimate of drug-likeness (QED) is 0.676. The number of rotatable bonds is 4. The first-order valence-electron chi connectivity index (χ1n) is 7.98. The SMILES string of the molecule is O=C(Nc1nccs1)[C@@H](c1ccccc1)N1Cc2ccc(Br)cc2C1=O. The van der Waals surface area contributed by atoms with Gasteiger partial charge in [0.2, 0.25) is 0 Å². The van der Waals surface area contributed by atoms with Gasteiger partial charge in [0.1, 0.15) is 6.04 Å². The smallest absolute Gasteiger partial charge is 0.255 e. The standard InChI is InChI=1S/C19H14BrN3O2S/c20-14-7-6-13-11-23(18(25)15(13)10-14)16(12-4-2-1-3-5-12)17(24)22-19-21-8-9-26-19/h1-10,16H,11H2,(H,21,22,24)/t16-/m1/s1. The molecule has 1 N–H and O–H groups in total. The molecule has 0 unspecified atom stereocenters. The maximum absolute atomic E-state index is 13.0. The van der Waals surface area contributed by atoms with E-state index in [4.69, 9.17) is 0 Å². The Morgan fingerprint density at radius 1 is 1.23 bits per heavy atom. The van der Waals surface area contributed by atoms with Gasteiger partial charge in [-0.25, -0.2) is 4.98 Å². The molecule has 0 fully saturated rings. The molecule has 2 heterocycles. The van der Waals surface area contributed by atoms with E-state index in [0.717, 1.165) is 15.6 Å². The topological polar surface area (TPSA) is 62.3 Å². The van der Waals surface area contributed by atoms with E-state index in [1.807, 2.05) is 42.5 Å². The van der Waals surface area contributed by atoms with E-state index in [9.17, 15) is 9.59 Å². The van der Waals surface area contributed by atoms with E-state index in [0.29, 0.717) is 17.2 Å². The normalized spacial score (nSPS) is 14.2. The molecular formula is C19H14BrN3O2S. The fourth-order valence-electron chi connectivity index (χ4n) is 3.07. The van der Waals surface area contributed by atoms with Crippen molar-refractivity contribution in [2.75, 3.05) is 5.32 Å². The Balaban J connectivity index is 1.70. The summed E-state index contributed by atoms with van der Waals surface area (Å²) in [6.07, 6.45) is 1.63. The van der Waals surface area contributed by atoms with Crippen LogP contribution in [0.3, 0.4) is 0 Å². The Morgan fingerprint density at radius 2 is 2.04 bits per heavy atom. The van der Waals surface area contributed by atoms with Crippen LogP contribution in [-0.4, -0.2) is 21.7 Å². The third-order valence-electron chi connectivity index (χ3n) is 4.24. The van der Waals surface area contributed by atoms with Crippen LogP contribution < -0.4 is 5.32 Å². The molecule has 7 heteroatoms. The highest BCUT2D eigenvalue weighted by atomic mass is 79.9. The number of hydrogen-bond acceptors (Lipinski definition) is 4. The fraction of sp³-hybridized carbons (Fsp3) is 0.105. The Hall–Kier alpha value is -2.51. The molecule has 0 bridgehead atoms. The molecule has 1 aliphatic heterocycles. The Labute approximate surface area is 162 Å². The highest BCUT2D eigenvalue weighted by Crippen LogP contribution is 2.33. The van der Waals surface area contributed by atoms with Crippen LogP contribution in [-0.2, 0) is 11.3 Å². The lowest BCUT2D eigenvalue weighted by molar-refractivity contribution is -0.120. The molecule has 0 saturated carbocycles. The number of anilines is 1. The van der Waals surface area contributed by atoms with Crippen LogP contribution >= 0.6 is 27.3 Å². The van der Waals surface area contributed by atoms with E-state index < -0.39 is 6.04 Å². The van der Waals surface area contributed by atoms with Gasteiger partial charge in [-0.2, -0.15) is 0 Å². The number of amides is 2. The number of fused-ring (bicyclic) bond motifs is 1. The first-order chi connectivity index (χ1) is 12.6. The molecule has 1 aromatic heterocycles. The summed E-state index contributed by atoms with van der Waals surface area (Å²) in [4.78, 5) is 31.7. The number of thiazole rings is 1. The van der Waals surface area contributed by atoms with Crippen LogP contribution in [0.5, 0.6) is 0 Å². The van der Waals surface area contributed by atoms with E-state index >= 15 is 0 Å². The van der Waals surface area contributed by atoms with Crippen molar-refractivity contribution in [2.24, 2.45) is 0 Å². The van der Waals surface area contributed by atoms with Gasteiger partial charge in [-0.15, -0.1) is 11.3 Å². The van der Waals surface area contributed by atoms with Gasteiger partial charge in [0.25, 0.3) is 11.8 Å². The van der Waals surface area contributed by atoms with Crippen LogP contribution in [0, 0.1) is 0 Å². The highest BCUT2D eigenvalue weighted by molar-refractivity contribution is 9.10. The molecule has 1 aliphatic rings. The fourth-order valence-corrected chi connectivity index (χ4v) is 3.96. The lowest BCUT2D eigenvalue weighted by atomic mass is 10.0. The van der Waals surface area contributed by atoms with E-state index in [1.165, 1.54) is 11.3 Å². The number of carbonyl (C=O) groups excluding carboxylic acids is 2. The van der Waals surface area contributed by atoms with Crippen molar-refractivity contribution in [1.29, 1.82) is 0 Å². The molecule has 2 aromatic carbocycles. The second-order valence-corrected chi connectivity index (χ2v) is 7.68. The number of carbonyl (C=O) groups is 2. The van der Waals surface area contributed by atoms with Crippen molar-refractivity contribution in [3.05, 3.63) is 81.3 Å². The van der Waals surface area contributed by atoms with Crippen molar-refractivity contribution in [3.8, 4) is 0 Å². The molecule has 3 aromatic rings. The van der Waals surface area contributed by atoms with Gasteiger partial charge < -0.3 is 4.90 Å². The molecule has 5 nitrogen and oxygen atoms in total. The molecular weight excluding hydrogens is 414 g/mol. The van der Waals surface area contributed by atoms with E-state index in [2.05, 4.69) is 26.2 Å². The number of nitrogens with one attached hydrogen (secondary N) is 1. The summed E-state index contributed by atoms with van der Waals surface area (Å²) in [5.41, 5.74) is 2.31. The summed E-state index contributed by atoms with van der Waals surface area (Å²) >= 11 is 4.75. The monoisotopic (exact) mass is 427 g/mol. The number of benzene rings is 2. The van der Waals surface area contributed by atoms with Gasteiger partial charge in [-0.1, -0.05) is 52.3 Å². The second-order valence-electron chi connectivity index (χ2n) is 5.87. The summed E-state index contributed by atoms with van der Waals surface area (Å²) in [6, 6.07) is 14.2. The van der Waals surface area contributed by atoms with Crippen LogP contribution in [0.1, 0.15) is 27.5 Å². The van der Waals surface area contributed by atoms with Gasteiger partial charge in [0.05, 0.1) is 0 Å². The zero-order valence-corrected chi connectivity index (χ0v) is 16.0. The van der Waals surface area contributed by atoms with E-state index in [-0.39, 0.29) is 11.8 Å². The number of nitrogens with zero attached hydrogens (tertiary/aromatic N) is 2. The number of halogens is 1. The molecule has 0 spiro atoms. The summed E-state index contributed by atoms with van der Waals surface area (Å²) in [5, 5.41) is 5.13. The maximum atomic E-state index is 13.0. The van der Waals surface area contributed by atoms with Gasteiger partial charge >= 0.3 is 0 Å². The van der Waals surface area contributed by atoms with Gasteiger partial charge in [0.15, 0.2) is 5.13 Å². The van der Waals surface area contributed by atoms with Crippen LogP contribution in [0.2, 0.25) is 0 Å². The third kappa shape index (κ3) is 3.15. The largest absolute Gasteiger partial charge is 0.318 e. The molecule has 0 radical (unpaired) electrons. The average molecular weight is 428 g/mol. The summed E-state index contributed by atoms with van der Waals surface area (Å²) in [6.45, 7) is 0.395.